The van der Waals surface area contributed by atoms with E-state index in [-0.39, 0.29) is 17.8 Å². The average molecular weight is 444 g/mol. The van der Waals surface area contributed by atoms with E-state index >= 15 is 0 Å². The van der Waals surface area contributed by atoms with E-state index in [1.54, 1.807) is 12.4 Å². The number of methoxy groups -OCH3 is 1. The summed E-state index contributed by atoms with van der Waals surface area (Å²) in [5.41, 5.74) is 2.77. The summed E-state index contributed by atoms with van der Waals surface area (Å²) in [5.74, 6) is 0.575. The number of hydrogen-bond acceptors (Lipinski definition) is 6. The second kappa shape index (κ2) is 14.2. The zero-order valence-corrected chi connectivity index (χ0v) is 18.6. The van der Waals surface area contributed by atoms with Gasteiger partial charge >= 0.3 is 5.97 Å². The highest BCUT2D eigenvalue weighted by Crippen LogP contribution is 2.21. The first-order valence-corrected chi connectivity index (χ1v) is 11.5. The SMILES string of the molecule is COC(=O)CCSCC(=O)NCCCCCC(=O)Nc1cccc(-c2cccnc2)c1. The number of ether oxygens (including phenoxy) is 1. The van der Waals surface area contributed by atoms with Crippen LogP contribution in [-0.4, -0.2) is 47.9 Å². The number of esters is 1. The van der Waals surface area contributed by atoms with Crippen molar-refractivity contribution in [2.75, 3.05) is 30.5 Å². The molecule has 0 spiro atoms. The average Bonchev–Trinajstić information content (AvgIpc) is 2.79. The van der Waals surface area contributed by atoms with E-state index in [4.69, 9.17) is 0 Å². The number of benzene rings is 1. The number of nitrogens with zero attached hydrogens (tertiary/aromatic N) is 1. The molecule has 2 amide bonds. The molecule has 7 nitrogen and oxygen atoms in total. The van der Waals surface area contributed by atoms with Gasteiger partial charge in [-0.2, -0.15) is 11.8 Å². The van der Waals surface area contributed by atoms with E-state index in [1.165, 1.54) is 18.9 Å². The molecule has 0 saturated heterocycles. The highest BCUT2D eigenvalue weighted by Gasteiger charge is 2.06. The lowest BCUT2D eigenvalue weighted by Gasteiger charge is -2.08. The molecule has 0 bridgehead atoms. The van der Waals surface area contributed by atoms with Gasteiger partial charge in [-0.1, -0.05) is 24.6 Å². The quantitative estimate of drug-likeness (QED) is 0.362. The highest BCUT2D eigenvalue weighted by molar-refractivity contribution is 7.99. The van der Waals surface area contributed by atoms with Gasteiger partial charge in [-0.3, -0.25) is 19.4 Å². The highest BCUT2D eigenvalue weighted by atomic mass is 32.2. The summed E-state index contributed by atoms with van der Waals surface area (Å²) in [6.07, 6.45) is 6.71. The number of nitrogens with one attached hydrogen (secondary N) is 2. The fourth-order valence-corrected chi connectivity index (χ4v) is 3.56. The lowest BCUT2D eigenvalue weighted by molar-refractivity contribution is -0.140. The molecule has 0 radical (unpaired) electrons. The van der Waals surface area contributed by atoms with Crippen molar-refractivity contribution < 1.29 is 19.1 Å². The summed E-state index contributed by atoms with van der Waals surface area (Å²) in [7, 11) is 1.35. The van der Waals surface area contributed by atoms with Gasteiger partial charge in [-0.05, 0) is 36.6 Å². The molecule has 0 atom stereocenters. The van der Waals surface area contributed by atoms with Crippen molar-refractivity contribution in [1.82, 2.24) is 10.3 Å². The fourth-order valence-electron chi connectivity index (χ4n) is 2.82. The molecular weight excluding hydrogens is 414 g/mol. The summed E-state index contributed by atoms with van der Waals surface area (Å²) in [6.45, 7) is 0.588. The van der Waals surface area contributed by atoms with Gasteiger partial charge in [0.25, 0.3) is 0 Å². The largest absolute Gasteiger partial charge is 0.469 e. The van der Waals surface area contributed by atoms with Crippen molar-refractivity contribution in [3.63, 3.8) is 0 Å². The van der Waals surface area contributed by atoms with E-state index in [1.807, 2.05) is 36.4 Å². The third kappa shape index (κ3) is 10.1. The van der Waals surface area contributed by atoms with Crippen molar-refractivity contribution in [2.24, 2.45) is 0 Å². The Hall–Kier alpha value is -2.87. The molecule has 0 saturated carbocycles. The maximum atomic E-state index is 12.2. The van der Waals surface area contributed by atoms with Crippen LogP contribution in [0.5, 0.6) is 0 Å². The maximum absolute atomic E-state index is 12.2. The van der Waals surface area contributed by atoms with Crippen LogP contribution >= 0.6 is 11.8 Å². The smallest absolute Gasteiger partial charge is 0.306 e. The van der Waals surface area contributed by atoms with E-state index in [0.717, 1.165) is 36.1 Å². The van der Waals surface area contributed by atoms with Crippen LogP contribution in [0.4, 0.5) is 5.69 Å². The van der Waals surface area contributed by atoms with Gasteiger partial charge in [0.05, 0.1) is 19.3 Å². The zero-order chi connectivity index (χ0) is 22.3. The Morgan fingerprint density at radius 2 is 1.84 bits per heavy atom. The Bertz CT molecular complexity index is 846. The number of thioether (sulfide) groups is 1. The molecule has 166 valence electrons. The molecule has 1 aromatic heterocycles. The zero-order valence-electron chi connectivity index (χ0n) is 17.8. The Balaban J connectivity index is 1.56. The molecule has 1 heterocycles. The van der Waals surface area contributed by atoms with Gasteiger partial charge in [-0.15, -0.1) is 0 Å². The summed E-state index contributed by atoms with van der Waals surface area (Å²) in [5, 5.41) is 5.79. The number of aromatic nitrogens is 1. The molecular formula is C23H29N3O4S. The molecule has 31 heavy (non-hydrogen) atoms. The van der Waals surface area contributed by atoms with Crippen LogP contribution in [0.15, 0.2) is 48.8 Å². The van der Waals surface area contributed by atoms with Gasteiger partial charge in [0.2, 0.25) is 11.8 Å². The van der Waals surface area contributed by atoms with Crippen LogP contribution < -0.4 is 10.6 Å². The monoisotopic (exact) mass is 443 g/mol. The first kappa shape index (κ1) is 24.4. The van der Waals surface area contributed by atoms with Crippen LogP contribution in [0.1, 0.15) is 32.1 Å². The van der Waals surface area contributed by atoms with Crippen LogP contribution in [0.2, 0.25) is 0 Å². The number of anilines is 1. The number of unbranched alkanes of at least 4 members (excludes halogenated alkanes) is 2. The molecule has 2 rings (SSSR count). The second-order valence-electron chi connectivity index (χ2n) is 6.91. The van der Waals surface area contributed by atoms with Gasteiger partial charge in [0.1, 0.15) is 0 Å². The Kier molecular flexibility index (Phi) is 11.2. The standard InChI is InChI=1S/C23H29N3O4S/c1-30-23(29)11-14-31-17-22(28)25-13-4-2-3-10-21(27)26-20-9-5-7-18(15-20)19-8-6-12-24-16-19/h5-9,12,15-16H,2-4,10-11,13-14,17H2,1H3,(H,25,28)(H,26,27). The van der Waals surface area contributed by atoms with E-state index in [2.05, 4.69) is 20.4 Å². The second-order valence-corrected chi connectivity index (χ2v) is 8.02. The summed E-state index contributed by atoms with van der Waals surface area (Å²) < 4.78 is 4.55. The van der Waals surface area contributed by atoms with Crippen molar-refractivity contribution in [3.05, 3.63) is 48.8 Å². The predicted octanol–water partition coefficient (Wildman–Crippen LogP) is 3.66. The maximum Gasteiger partial charge on any atom is 0.306 e. The molecule has 0 aliphatic carbocycles. The van der Waals surface area contributed by atoms with E-state index < -0.39 is 0 Å². The van der Waals surface area contributed by atoms with Crippen molar-refractivity contribution >= 4 is 35.2 Å². The normalized spacial score (nSPS) is 10.4. The molecule has 0 unspecified atom stereocenters. The third-order valence-corrected chi connectivity index (χ3v) is 5.41. The number of carbonyl (C=O) groups is 3. The Labute approximate surface area is 187 Å². The summed E-state index contributed by atoms with van der Waals surface area (Å²) in [6, 6.07) is 11.6. The van der Waals surface area contributed by atoms with Crippen LogP contribution in [0, 0.1) is 0 Å². The number of amides is 2. The first-order valence-electron chi connectivity index (χ1n) is 10.3. The molecule has 0 aliphatic rings. The van der Waals surface area contributed by atoms with Gasteiger partial charge < -0.3 is 15.4 Å². The van der Waals surface area contributed by atoms with Crippen molar-refractivity contribution in [1.29, 1.82) is 0 Å². The van der Waals surface area contributed by atoms with Crippen LogP contribution in [0.25, 0.3) is 11.1 Å². The number of rotatable bonds is 13. The molecule has 2 aromatic rings. The number of pyridine rings is 1. The molecule has 2 N–H and O–H groups in total. The fraction of sp³-hybridized carbons (Fsp3) is 0.391. The Morgan fingerprint density at radius 3 is 2.61 bits per heavy atom. The van der Waals surface area contributed by atoms with Crippen LogP contribution in [-0.2, 0) is 19.1 Å². The van der Waals surface area contributed by atoms with E-state index in [0.29, 0.717) is 30.9 Å². The number of hydrogen-bond donors (Lipinski definition) is 2. The molecule has 0 aliphatic heterocycles. The first-order chi connectivity index (χ1) is 15.1. The van der Waals surface area contributed by atoms with Crippen molar-refractivity contribution in [2.45, 2.75) is 32.1 Å². The summed E-state index contributed by atoms with van der Waals surface area (Å²) >= 11 is 1.41. The van der Waals surface area contributed by atoms with Gasteiger partial charge in [0, 0.05) is 42.4 Å². The van der Waals surface area contributed by atoms with Crippen molar-refractivity contribution in [3.8, 4) is 11.1 Å². The molecule has 8 heteroatoms. The van der Waals surface area contributed by atoms with Gasteiger partial charge in [0.15, 0.2) is 0 Å². The molecule has 0 fully saturated rings. The minimum absolute atomic E-state index is 0.0191. The minimum atomic E-state index is -0.266. The third-order valence-electron chi connectivity index (χ3n) is 4.46. The Morgan fingerprint density at radius 1 is 1.00 bits per heavy atom. The summed E-state index contributed by atoms with van der Waals surface area (Å²) in [4.78, 5) is 39.0. The number of carbonyl (C=O) groups excluding carboxylic acids is 3. The lowest BCUT2D eigenvalue weighted by Crippen LogP contribution is -2.26. The predicted molar refractivity (Wildman–Crippen MR) is 124 cm³/mol. The van der Waals surface area contributed by atoms with E-state index in [9.17, 15) is 14.4 Å². The molecule has 1 aromatic carbocycles. The van der Waals surface area contributed by atoms with Crippen LogP contribution in [0.3, 0.4) is 0 Å². The van der Waals surface area contributed by atoms with Gasteiger partial charge in [-0.25, -0.2) is 0 Å². The lowest BCUT2D eigenvalue weighted by atomic mass is 10.1. The topological polar surface area (TPSA) is 97.4 Å². The minimum Gasteiger partial charge on any atom is -0.469 e.